The van der Waals surface area contributed by atoms with Crippen LogP contribution in [0, 0.1) is 13.8 Å². The number of Topliss-reactive ketones (excluding diaryl/α,β-unsaturated/α-hetero) is 1. The zero-order chi connectivity index (χ0) is 18.6. The van der Waals surface area contributed by atoms with Gasteiger partial charge in [0.25, 0.3) is 0 Å². The molecule has 2 aliphatic heterocycles. The van der Waals surface area contributed by atoms with Gasteiger partial charge in [0.1, 0.15) is 5.71 Å². The van der Waals surface area contributed by atoms with Gasteiger partial charge in [-0.15, -0.1) is 0 Å². The number of rotatable bonds is 2. The second kappa shape index (κ2) is 5.72. The van der Waals surface area contributed by atoms with Crippen molar-refractivity contribution in [1.29, 1.82) is 0 Å². The fourth-order valence-corrected chi connectivity index (χ4v) is 5.02. The Morgan fingerprint density at radius 2 is 1.37 bits per heavy atom. The van der Waals surface area contributed by atoms with Crippen molar-refractivity contribution in [2.45, 2.75) is 57.0 Å². The van der Waals surface area contributed by atoms with Crippen molar-refractivity contribution in [1.82, 2.24) is 0 Å². The van der Waals surface area contributed by atoms with Crippen molar-refractivity contribution in [2.24, 2.45) is 9.98 Å². The largest absolute Gasteiger partial charge is 0.290 e. The number of aliphatic imine (C=N–C) groups is 2. The lowest BCUT2D eigenvalue weighted by molar-refractivity contribution is -0.119. The van der Waals surface area contributed by atoms with Crippen LogP contribution >= 0.6 is 0 Å². The standard InChI is InChI=1S/C24H24N2O/c1-16-5-9-18(10-6-16)20-15-23-13-3-4-14-24(23,25-20)22(27)21(26-23)19-11-7-17(2)8-12-19/h5-12H,3-4,13-15H2,1-2H3. The molecular weight excluding hydrogens is 332 g/mol. The predicted octanol–water partition coefficient (Wildman–Crippen LogP) is 4.62. The first kappa shape index (κ1) is 16.6. The van der Waals surface area contributed by atoms with Gasteiger partial charge >= 0.3 is 0 Å². The zero-order valence-corrected chi connectivity index (χ0v) is 16.0. The minimum atomic E-state index is -0.675. The highest BCUT2D eigenvalue weighted by atomic mass is 16.1. The number of ketones is 1. The van der Waals surface area contributed by atoms with Crippen LogP contribution in [0.15, 0.2) is 58.5 Å². The van der Waals surface area contributed by atoms with Crippen LogP contribution in [0.1, 0.15) is 54.4 Å². The predicted molar refractivity (Wildman–Crippen MR) is 109 cm³/mol. The molecule has 2 aromatic carbocycles. The van der Waals surface area contributed by atoms with Crippen LogP contribution in [0.4, 0.5) is 0 Å². The Labute approximate surface area is 160 Å². The van der Waals surface area contributed by atoms with E-state index in [0.717, 1.165) is 48.9 Å². The van der Waals surface area contributed by atoms with Gasteiger partial charge in [0.15, 0.2) is 5.54 Å². The molecule has 3 heteroatoms. The molecule has 0 N–H and O–H groups in total. The van der Waals surface area contributed by atoms with Crippen LogP contribution in [0.25, 0.3) is 0 Å². The Kier molecular flexibility index (Phi) is 3.52. The molecule has 136 valence electrons. The quantitative estimate of drug-likeness (QED) is 0.774. The fraction of sp³-hybridized carbons (Fsp3) is 0.375. The molecule has 0 aromatic heterocycles. The number of carbonyl (C=O) groups is 1. The summed E-state index contributed by atoms with van der Waals surface area (Å²) in [7, 11) is 0. The molecule has 1 aliphatic carbocycles. The molecule has 0 spiro atoms. The van der Waals surface area contributed by atoms with Gasteiger partial charge in [-0.05, 0) is 32.3 Å². The number of aryl methyl sites for hydroxylation is 2. The molecule has 2 atom stereocenters. The van der Waals surface area contributed by atoms with Crippen molar-refractivity contribution in [2.75, 3.05) is 0 Å². The second-order valence-corrected chi connectivity index (χ2v) is 8.36. The molecule has 3 nitrogen and oxygen atoms in total. The lowest BCUT2D eigenvalue weighted by atomic mass is 9.66. The summed E-state index contributed by atoms with van der Waals surface area (Å²) in [5, 5.41) is 0. The summed E-state index contributed by atoms with van der Waals surface area (Å²) < 4.78 is 0. The van der Waals surface area contributed by atoms with E-state index in [1.54, 1.807) is 0 Å². The van der Waals surface area contributed by atoms with Crippen LogP contribution in [-0.4, -0.2) is 28.3 Å². The minimum Gasteiger partial charge on any atom is -0.290 e. The van der Waals surface area contributed by atoms with E-state index < -0.39 is 5.54 Å². The van der Waals surface area contributed by atoms with E-state index in [-0.39, 0.29) is 11.3 Å². The summed E-state index contributed by atoms with van der Waals surface area (Å²) in [4.78, 5) is 23.9. The third-order valence-corrected chi connectivity index (χ3v) is 6.56. The van der Waals surface area contributed by atoms with Crippen molar-refractivity contribution >= 4 is 17.2 Å². The zero-order valence-electron chi connectivity index (χ0n) is 16.0. The number of carbonyl (C=O) groups excluding carboxylic acids is 1. The number of benzene rings is 2. The molecule has 2 unspecified atom stereocenters. The Hall–Kier alpha value is -2.55. The Bertz CT molecular complexity index is 984. The number of hydrogen-bond donors (Lipinski definition) is 0. The third-order valence-electron chi connectivity index (χ3n) is 6.56. The summed E-state index contributed by atoms with van der Waals surface area (Å²) in [6.45, 7) is 4.15. The first-order valence-electron chi connectivity index (χ1n) is 9.91. The normalized spacial score (nSPS) is 29.2. The average Bonchev–Trinajstić information content (AvgIpc) is 3.14. The molecule has 0 bridgehead atoms. The van der Waals surface area contributed by atoms with E-state index >= 15 is 0 Å². The highest BCUT2D eigenvalue weighted by Crippen LogP contribution is 2.54. The summed E-state index contributed by atoms with van der Waals surface area (Å²) in [5.41, 5.74) is 5.15. The number of nitrogens with zero attached hydrogens (tertiary/aromatic N) is 2. The van der Waals surface area contributed by atoms with Crippen LogP contribution < -0.4 is 0 Å². The number of hydrogen-bond acceptors (Lipinski definition) is 3. The van der Waals surface area contributed by atoms with Gasteiger partial charge in [0.05, 0.1) is 5.54 Å². The molecular formula is C24H24N2O. The van der Waals surface area contributed by atoms with E-state index in [0.29, 0.717) is 5.71 Å². The van der Waals surface area contributed by atoms with Crippen molar-refractivity contribution in [3.8, 4) is 0 Å². The smallest absolute Gasteiger partial charge is 0.211 e. The van der Waals surface area contributed by atoms with Crippen LogP contribution in [-0.2, 0) is 4.79 Å². The molecule has 5 rings (SSSR count). The fourth-order valence-electron chi connectivity index (χ4n) is 5.02. The van der Waals surface area contributed by atoms with Crippen LogP contribution in [0.3, 0.4) is 0 Å². The van der Waals surface area contributed by atoms with Gasteiger partial charge < -0.3 is 0 Å². The molecule has 27 heavy (non-hydrogen) atoms. The maximum atomic E-state index is 13.6. The SMILES string of the molecule is Cc1ccc(C2=NC34CCCCC3(C2)N=C(c2ccc(C)cc2)C4=O)cc1. The summed E-state index contributed by atoms with van der Waals surface area (Å²) >= 11 is 0. The first-order chi connectivity index (χ1) is 13.0. The second-order valence-electron chi connectivity index (χ2n) is 8.36. The Morgan fingerprint density at radius 1 is 0.778 bits per heavy atom. The lowest BCUT2D eigenvalue weighted by Gasteiger charge is -2.39. The summed E-state index contributed by atoms with van der Waals surface area (Å²) in [5.74, 6) is 0.133. The molecule has 0 radical (unpaired) electrons. The van der Waals surface area contributed by atoms with E-state index in [2.05, 4.69) is 50.2 Å². The Balaban J connectivity index is 1.60. The summed E-state index contributed by atoms with van der Waals surface area (Å²) in [6.07, 6.45) is 4.72. The maximum absolute atomic E-state index is 13.6. The van der Waals surface area contributed by atoms with E-state index in [1.807, 2.05) is 12.1 Å². The highest BCUT2D eigenvalue weighted by Gasteiger charge is 2.66. The van der Waals surface area contributed by atoms with Gasteiger partial charge in [-0.3, -0.25) is 14.8 Å². The van der Waals surface area contributed by atoms with Crippen molar-refractivity contribution < 1.29 is 4.79 Å². The van der Waals surface area contributed by atoms with Gasteiger partial charge in [-0.2, -0.15) is 0 Å². The first-order valence-corrected chi connectivity index (χ1v) is 9.91. The topological polar surface area (TPSA) is 41.8 Å². The van der Waals surface area contributed by atoms with E-state index in [4.69, 9.17) is 9.98 Å². The minimum absolute atomic E-state index is 0.133. The van der Waals surface area contributed by atoms with Gasteiger partial charge in [-0.25, -0.2) is 0 Å². The van der Waals surface area contributed by atoms with Crippen molar-refractivity contribution in [3.05, 3.63) is 70.8 Å². The average molecular weight is 356 g/mol. The van der Waals surface area contributed by atoms with Crippen LogP contribution in [0.2, 0.25) is 0 Å². The molecule has 0 saturated heterocycles. The van der Waals surface area contributed by atoms with E-state index in [1.165, 1.54) is 11.1 Å². The molecule has 2 heterocycles. The summed E-state index contributed by atoms with van der Waals surface area (Å²) in [6, 6.07) is 16.7. The maximum Gasteiger partial charge on any atom is 0.211 e. The Morgan fingerprint density at radius 3 is 2.00 bits per heavy atom. The van der Waals surface area contributed by atoms with E-state index in [9.17, 15) is 4.79 Å². The van der Waals surface area contributed by atoms with Crippen LogP contribution in [0.5, 0.6) is 0 Å². The van der Waals surface area contributed by atoms with Gasteiger partial charge in [0.2, 0.25) is 5.78 Å². The molecule has 1 saturated carbocycles. The lowest BCUT2D eigenvalue weighted by Crippen LogP contribution is -2.52. The molecule has 2 aromatic rings. The molecule has 0 amide bonds. The van der Waals surface area contributed by atoms with Gasteiger partial charge in [-0.1, -0.05) is 72.5 Å². The highest BCUT2D eigenvalue weighted by molar-refractivity contribution is 6.51. The van der Waals surface area contributed by atoms with Gasteiger partial charge in [0, 0.05) is 17.7 Å². The monoisotopic (exact) mass is 356 g/mol. The molecule has 3 aliphatic rings. The van der Waals surface area contributed by atoms with Crippen molar-refractivity contribution in [3.63, 3.8) is 0 Å². The third kappa shape index (κ3) is 2.30. The molecule has 1 fully saturated rings.